The van der Waals surface area contributed by atoms with Crippen molar-refractivity contribution >= 4 is 11.9 Å². The molecular weight excluding hydrogens is 244 g/mol. The van der Waals surface area contributed by atoms with E-state index in [0.29, 0.717) is 0 Å². The summed E-state index contributed by atoms with van der Waals surface area (Å²) in [6.45, 7) is 2.30. The zero-order chi connectivity index (χ0) is 14.1. The molecule has 0 saturated heterocycles. The molecule has 1 aromatic carbocycles. The van der Waals surface area contributed by atoms with E-state index >= 15 is 0 Å². The number of aliphatic carboxylic acids is 1. The predicted octanol–water partition coefficient (Wildman–Crippen LogP) is 2.71. The van der Waals surface area contributed by atoms with Crippen LogP contribution in [0.15, 0.2) is 36.4 Å². The molecule has 4 nitrogen and oxygen atoms in total. The number of carbonyl (C=O) groups excluding carboxylic acids is 1. The zero-order valence-electron chi connectivity index (χ0n) is 11.0. The van der Waals surface area contributed by atoms with Crippen LogP contribution in [0.5, 0.6) is 0 Å². The van der Waals surface area contributed by atoms with Crippen LogP contribution in [0, 0.1) is 0 Å². The van der Waals surface area contributed by atoms with Gasteiger partial charge in [-0.2, -0.15) is 0 Å². The van der Waals surface area contributed by atoms with Crippen molar-refractivity contribution in [3.8, 4) is 0 Å². The van der Waals surface area contributed by atoms with Gasteiger partial charge in [-0.25, -0.2) is 9.59 Å². The molecule has 0 unspecified atom stereocenters. The summed E-state index contributed by atoms with van der Waals surface area (Å²) in [5, 5.41) is 8.35. The van der Waals surface area contributed by atoms with Gasteiger partial charge in [-0.1, -0.05) is 37.6 Å². The van der Waals surface area contributed by atoms with E-state index < -0.39 is 11.9 Å². The van der Waals surface area contributed by atoms with Crippen LogP contribution >= 0.6 is 0 Å². The molecule has 19 heavy (non-hydrogen) atoms. The fourth-order valence-electron chi connectivity index (χ4n) is 1.52. The molecule has 1 aromatic rings. The SMILES string of the molecule is CCCCc1ccc(COC(=O)/C=C\C(=O)O)cc1. The molecule has 0 aliphatic heterocycles. The van der Waals surface area contributed by atoms with Gasteiger partial charge in [-0.05, 0) is 24.0 Å². The van der Waals surface area contributed by atoms with E-state index in [1.54, 1.807) is 0 Å². The summed E-state index contributed by atoms with van der Waals surface area (Å²) in [7, 11) is 0. The third-order valence-electron chi connectivity index (χ3n) is 2.59. The van der Waals surface area contributed by atoms with Crippen LogP contribution in [0.3, 0.4) is 0 Å². The summed E-state index contributed by atoms with van der Waals surface area (Å²) in [5.74, 6) is -1.82. The smallest absolute Gasteiger partial charge is 0.331 e. The molecule has 4 heteroatoms. The quantitative estimate of drug-likeness (QED) is 0.606. The van der Waals surface area contributed by atoms with Gasteiger partial charge in [-0.3, -0.25) is 0 Å². The monoisotopic (exact) mass is 262 g/mol. The molecule has 0 saturated carbocycles. The number of benzene rings is 1. The summed E-state index contributed by atoms with van der Waals surface area (Å²) in [6, 6.07) is 7.87. The van der Waals surface area contributed by atoms with Gasteiger partial charge in [0.25, 0.3) is 0 Å². The Morgan fingerprint density at radius 1 is 1.16 bits per heavy atom. The standard InChI is InChI=1S/C15H18O4/c1-2-3-4-12-5-7-13(8-6-12)11-19-15(18)10-9-14(16)17/h5-10H,2-4,11H2,1H3,(H,16,17)/b10-9-. The molecule has 0 bridgehead atoms. The number of esters is 1. The number of carboxylic acids is 1. The number of rotatable bonds is 7. The zero-order valence-corrected chi connectivity index (χ0v) is 11.0. The van der Waals surface area contributed by atoms with E-state index in [0.717, 1.165) is 37.0 Å². The molecule has 102 valence electrons. The molecule has 0 aromatic heterocycles. The maximum atomic E-state index is 11.2. The van der Waals surface area contributed by atoms with E-state index in [1.165, 1.54) is 5.56 Å². The van der Waals surface area contributed by atoms with E-state index in [4.69, 9.17) is 9.84 Å². The Kier molecular flexibility index (Phi) is 6.36. The lowest BCUT2D eigenvalue weighted by molar-refractivity contribution is -0.139. The van der Waals surface area contributed by atoms with Crippen molar-refractivity contribution in [1.29, 1.82) is 0 Å². The van der Waals surface area contributed by atoms with Crippen molar-refractivity contribution in [1.82, 2.24) is 0 Å². The van der Waals surface area contributed by atoms with Crippen LogP contribution in [0.1, 0.15) is 30.9 Å². The third kappa shape index (κ3) is 6.41. The Bertz CT molecular complexity index is 446. The highest BCUT2D eigenvalue weighted by molar-refractivity contribution is 5.90. The molecule has 0 amide bonds. The van der Waals surface area contributed by atoms with Crippen molar-refractivity contribution in [2.75, 3.05) is 0 Å². The fourth-order valence-corrected chi connectivity index (χ4v) is 1.52. The van der Waals surface area contributed by atoms with Crippen LogP contribution in [0.4, 0.5) is 0 Å². The first-order valence-electron chi connectivity index (χ1n) is 6.27. The van der Waals surface area contributed by atoms with Gasteiger partial charge >= 0.3 is 11.9 Å². The Morgan fingerprint density at radius 3 is 2.37 bits per heavy atom. The number of ether oxygens (including phenoxy) is 1. The van der Waals surface area contributed by atoms with Crippen LogP contribution < -0.4 is 0 Å². The van der Waals surface area contributed by atoms with Crippen molar-refractivity contribution in [3.05, 3.63) is 47.5 Å². The Hall–Kier alpha value is -2.10. The summed E-state index contributed by atoms with van der Waals surface area (Å²) < 4.78 is 4.91. The molecule has 0 radical (unpaired) electrons. The van der Waals surface area contributed by atoms with Gasteiger partial charge in [0, 0.05) is 12.2 Å². The number of carbonyl (C=O) groups is 2. The maximum Gasteiger partial charge on any atom is 0.331 e. The molecule has 0 aliphatic rings. The van der Waals surface area contributed by atoms with E-state index in [2.05, 4.69) is 6.92 Å². The molecule has 0 spiro atoms. The van der Waals surface area contributed by atoms with Gasteiger partial charge < -0.3 is 9.84 Å². The fraction of sp³-hybridized carbons (Fsp3) is 0.333. The summed E-state index contributed by atoms with van der Waals surface area (Å²) in [5.41, 5.74) is 2.15. The van der Waals surface area contributed by atoms with E-state index in [9.17, 15) is 9.59 Å². The van der Waals surface area contributed by atoms with E-state index in [1.807, 2.05) is 24.3 Å². The average Bonchev–Trinajstić information content (AvgIpc) is 2.41. The lowest BCUT2D eigenvalue weighted by Gasteiger charge is -2.04. The first kappa shape index (κ1) is 15.0. The van der Waals surface area contributed by atoms with Crippen LogP contribution in [0.2, 0.25) is 0 Å². The Balaban J connectivity index is 2.41. The highest BCUT2D eigenvalue weighted by atomic mass is 16.5. The largest absolute Gasteiger partial charge is 0.478 e. The molecule has 0 atom stereocenters. The lowest BCUT2D eigenvalue weighted by Crippen LogP contribution is -2.02. The van der Waals surface area contributed by atoms with Crippen LogP contribution in [0.25, 0.3) is 0 Å². The molecule has 1 rings (SSSR count). The van der Waals surface area contributed by atoms with Crippen molar-refractivity contribution in [2.24, 2.45) is 0 Å². The van der Waals surface area contributed by atoms with Gasteiger partial charge in [0.05, 0.1) is 0 Å². The molecule has 0 aliphatic carbocycles. The molecule has 0 fully saturated rings. The third-order valence-corrected chi connectivity index (χ3v) is 2.59. The molecule has 1 N–H and O–H groups in total. The average molecular weight is 262 g/mol. The minimum Gasteiger partial charge on any atom is -0.478 e. The number of hydrogen-bond acceptors (Lipinski definition) is 3. The van der Waals surface area contributed by atoms with Gasteiger partial charge in [-0.15, -0.1) is 0 Å². The highest BCUT2D eigenvalue weighted by Crippen LogP contribution is 2.09. The summed E-state index contributed by atoms with van der Waals surface area (Å²) in [6.07, 6.45) is 5.04. The van der Waals surface area contributed by atoms with Crippen LogP contribution in [-0.4, -0.2) is 17.0 Å². The number of aryl methyl sites for hydroxylation is 1. The van der Waals surface area contributed by atoms with Crippen molar-refractivity contribution in [2.45, 2.75) is 32.8 Å². The summed E-state index contributed by atoms with van der Waals surface area (Å²) >= 11 is 0. The second-order valence-corrected chi connectivity index (χ2v) is 4.20. The maximum absolute atomic E-state index is 11.2. The minimum atomic E-state index is -1.17. The van der Waals surface area contributed by atoms with Crippen LogP contribution in [-0.2, 0) is 27.4 Å². The van der Waals surface area contributed by atoms with E-state index in [-0.39, 0.29) is 6.61 Å². The number of unbranched alkanes of at least 4 members (excludes halogenated alkanes) is 1. The van der Waals surface area contributed by atoms with Gasteiger partial charge in [0.15, 0.2) is 0 Å². The van der Waals surface area contributed by atoms with Crippen molar-refractivity contribution in [3.63, 3.8) is 0 Å². The topological polar surface area (TPSA) is 63.6 Å². The first-order chi connectivity index (χ1) is 9.11. The molecular formula is C15H18O4. The first-order valence-corrected chi connectivity index (χ1v) is 6.27. The second-order valence-electron chi connectivity index (χ2n) is 4.20. The number of carboxylic acid groups (broad SMARTS) is 1. The van der Waals surface area contributed by atoms with Crippen molar-refractivity contribution < 1.29 is 19.4 Å². The minimum absolute atomic E-state index is 0.150. The van der Waals surface area contributed by atoms with Gasteiger partial charge in [0.2, 0.25) is 0 Å². The molecule has 0 heterocycles. The second kappa shape index (κ2) is 8.08. The Labute approximate surface area is 112 Å². The Morgan fingerprint density at radius 2 is 1.79 bits per heavy atom. The highest BCUT2D eigenvalue weighted by Gasteiger charge is 2.00. The summed E-state index contributed by atoms with van der Waals surface area (Å²) in [4.78, 5) is 21.4. The van der Waals surface area contributed by atoms with Gasteiger partial charge in [0.1, 0.15) is 6.61 Å². The number of hydrogen-bond donors (Lipinski definition) is 1. The predicted molar refractivity (Wildman–Crippen MR) is 71.6 cm³/mol. The normalized spacial score (nSPS) is 10.6. The lowest BCUT2D eigenvalue weighted by atomic mass is 10.1.